The fraction of sp³-hybridized carbons (Fsp3) is 0.211. The lowest BCUT2D eigenvalue weighted by Gasteiger charge is -2.19. The molecule has 1 fully saturated rings. The van der Waals surface area contributed by atoms with Gasteiger partial charge in [-0.05, 0) is 24.3 Å². The number of benzene rings is 2. The molecule has 0 radical (unpaired) electrons. The zero-order chi connectivity index (χ0) is 20.5. The van der Waals surface area contributed by atoms with Crippen molar-refractivity contribution in [2.24, 2.45) is 0 Å². The standard InChI is InChI=1S/C19H15ClF2N4O3/c1-28-11-6-13(21)15(14(22)7-11)12-8-23-17(27)16(12)24-19-26-25-18(29-19)9-2-4-10(20)5-3-9/h2-7,12,16H,8H2,1H3,(H,23,27)(H,24,26). The smallest absolute Gasteiger partial charge is 0.316 e. The number of carbonyl (C=O) groups is 1. The van der Waals surface area contributed by atoms with Crippen molar-refractivity contribution in [3.8, 4) is 17.2 Å². The van der Waals surface area contributed by atoms with Crippen LogP contribution in [0.1, 0.15) is 11.5 Å². The largest absolute Gasteiger partial charge is 0.497 e. The fourth-order valence-electron chi connectivity index (χ4n) is 3.21. The SMILES string of the molecule is COc1cc(F)c(C2CNC(=O)C2Nc2nnc(-c3ccc(Cl)cc3)o2)c(F)c1. The summed E-state index contributed by atoms with van der Waals surface area (Å²) in [6, 6.07) is 7.85. The number of hydrogen-bond acceptors (Lipinski definition) is 6. The van der Waals surface area contributed by atoms with Gasteiger partial charge in [0.1, 0.15) is 23.4 Å². The molecule has 1 saturated heterocycles. The Morgan fingerprint density at radius 2 is 1.90 bits per heavy atom. The molecule has 3 aromatic rings. The Bertz CT molecular complexity index is 1030. The third-order valence-electron chi connectivity index (χ3n) is 4.64. The molecule has 29 heavy (non-hydrogen) atoms. The Balaban J connectivity index is 1.59. The lowest BCUT2D eigenvalue weighted by atomic mass is 9.93. The Kier molecular flexibility index (Phi) is 5.06. The minimum atomic E-state index is -0.995. The Morgan fingerprint density at radius 3 is 2.55 bits per heavy atom. The van der Waals surface area contributed by atoms with Gasteiger partial charge in [-0.1, -0.05) is 16.7 Å². The highest BCUT2D eigenvalue weighted by Gasteiger charge is 2.40. The van der Waals surface area contributed by atoms with Crippen LogP contribution in [0.5, 0.6) is 5.75 Å². The molecule has 0 bridgehead atoms. The number of carbonyl (C=O) groups excluding carboxylic acids is 1. The topological polar surface area (TPSA) is 89.3 Å². The monoisotopic (exact) mass is 420 g/mol. The zero-order valence-electron chi connectivity index (χ0n) is 15.1. The molecule has 2 heterocycles. The summed E-state index contributed by atoms with van der Waals surface area (Å²) in [7, 11) is 1.31. The molecule has 4 rings (SSSR count). The Hall–Kier alpha value is -3.20. The highest BCUT2D eigenvalue weighted by molar-refractivity contribution is 6.30. The van der Waals surface area contributed by atoms with Crippen molar-refractivity contribution in [2.45, 2.75) is 12.0 Å². The number of anilines is 1. The first-order valence-corrected chi connectivity index (χ1v) is 9.00. The molecule has 2 unspecified atom stereocenters. The molecular formula is C19H15ClF2N4O3. The number of hydrogen-bond donors (Lipinski definition) is 2. The van der Waals surface area contributed by atoms with E-state index in [1.165, 1.54) is 7.11 Å². The quantitative estimate of drug-likeness (QED) is 0.658. The predicted molar refractivity (Wildman–Crippen MR) is 101 cm³/mol. The molecule has 1 amide bonds. The van der Waals surface area contributed by atoms with Gasteiger partial charge < -0.3 is 19.8 Å². The van der Waals surface area contributed by atoms with Gasteiger partial charge in [-0.15, -0.1) is 5.10 Å². The number of ether oxygens (including phenoxy) is 1. The predicted octanol–water partition coefficient (Wildman–Crippen LogP) is 3.37. The van der Waals surface area contributed by atoms with E-state index in [1.807, 2.05) is 0 Å². The Morgan fingerprint density at radius 1 is 1.21 bits per heavy atom. The molecule has 0 aliphatic carbocycles. The fourth-order valence-corrected chi connectivity index (χ4v) is 3.34. The number of nitrogens with one attached hydrogen (secondary N) is 2. The highest BCUT2D eigenvalue weighted by Crippen LogP contribution is 2.33. The van der Waals surface area contributed by atoms with Crippen LogP contribution in [0.15, 0.2) is 40.8 Å². The van der Waals surface area contributed by atoms with E-state index in [0.29, 0.717) is 10.6 Å². The van der Waals surface area contributed by atoms with E-state index < -0.39 is 29.5 Å². The second kappa shape index (κ2) is 7.67. The highest BCUT2D eigenvalue weighted by atomic mass is 35.5. The van der Waals surface area contributed by atoms with Crippen LogP contribution in [-0.4, -0.2) is 35.8 Å². The number of methoxy groups -OCH3 is 1. The van der Waals surface area contributed by atoms with Crippen molar-refractivity contribution in [3.63, 3.8) is 0 Å². The summed E-state index contributed by atoms with van der Waals surface area (Å²) in [5, 5.41) is 13.7. The average molecular weight is 421 g/mol. The molecule has 1 aliphatic heterocycles. The summed E-state index contributed by atoms with van der Waals surface area (Å²) in [5.41, 5.74) is 0.411. The van der Waals surface area contributed by atoms with Gasteiger partial charge in [-0.3, -0.25) is 4.79 Å². The number of nitrogens with zero attached hydrogens (tertiary/aromatic N) is 2. The maximum Gasteiger partial charge on any atom is 0.316 e. The number of halogens is 3. The number of aromatic nitrogens is 2. The van der Waals surface area contributed by atoms with E-state index in [0.717, 1.165) is 12.1 Å². The van der Waals surface area contributed by atoms with Gasteiger partial charge in [0.15, 0.2) is 0 Å². The van der Waals surface area contributed by atoms with Crippen LogP contribution in [0.25, 0.3) is 11.5 Å². The molecule has 1 aromatic heterocycles. The van der Waals surface area contributed by atoms with Gasteiger partial charge >= 0.3 is 6.01 Å². The van der Waals surface area contributed by atoms with Crippen LogP contribution in [0, 0.1) is 11.6 Å². The van der Waals surface area contributed by atoms with Gasteiger partial charge in [0.05, 0.1) is 7.11 Å². The van der Waals surface area contributed by atoms with Gasteiger partial charge in [0.25, 0.3) is 0 Å². The van der Waals surface area contributed by atoms with Crippen LogP contribution in [0.2, 0.25) is 5.02 Å². The first-order chi connectivity index (χ1) is 14.0. The molecule has 2 N–H and O–H groups in total. The summed E-state index contributed by atoms with van der Waals surface area (Å²) in [4.78, 5) is 12.3. The van der Waals surface area contributed by atoms with Crippen LogP contribution in [0.4, 0.5) is 14.8 Å². The van der Waals surface area contributed by atoms with E-state index in [-0.39, 0.29) is 29.8 Å². The van der Waals surface area contributed by atoms with E-state index in [2.05, 4.69) is 20.8 Å². The van der Waals surface area contributed by atoms with Crippen molar-refractivity contribution >= 4 is 23.5 Å². The first-order valence-electron chi connectivity index (χ1n) is 8.63. The second-order valence-corrected chi connectivity index (χ2v) is 6.83. The van der Waals surface area contributed by atoms with Crippen molar-refractivity contribution in [1.82, 2.24) is 15.5 Å². The minimum absolute atomic E-state index is 0.0451. The van der Waals surface area contributed by atoms with Gasteiger partial charge in [0.2, 0.25) is 11.8 Å². The van der Waals surface area contributed by atoms with Crippen LogP contribution in [-0.2, 0) is 4.79 Å². The summed E-state index contributed by atoms with van der Waals surface area (Å²) >= 11 is 5.86. The summed E-state index contributed by atoms with van der Waals surface area (Å²) in [5.74, 6) is -2.60. The maximum atomic E-state index is 14.5. The molecular weight excluding hydrogens is 406 g/mol. The maximum absolute atomic E-state index is 14.5. The molecule has 1 aliphatic rings. The summed E-state index contributed by atoms with van der Waals surface area (Å²) in [6.07, 6.45) is 0. The van der Waals surface area contributed by atoms with E-state index in [1.54, 1.807) is 24.3 Å². The van der Waals surface area contributed by atoms with Crippen molar-refractivity contribution < 1.29 is 22.7 Å². The molecule has 2 atom stereocenters. The summed E-state index contributed by atoms with van der Waals surface area (Å²) in [6.45, 7) is 0.0504. The van der Waals surface area contributed by atoms with E-state index in [9.17, 15) is 13.6 Å². The molecule has 0 spiro atoms. The van der Waals surface area contributed by atoms with Gasteiger partial charge in [0, 0.05) is 40.7 Å². The van der Waals surface area contributed by atoms with Crippen LogP contribution in [0.3, 0.4) is 0 Å². The van der Waals surface area contributed by atoms with Crippen molar-refractivity contribution in [2.75, 3.05) is 19.0 Å². The normalized spacial score (nSPS) is 18.6. The lowest BCUT2D eigenvalue weighted by molar-refractivity contribution is -0.119. The molecule has 2 aromatic carbocycles. The molecule has 10 heteroatoms. The lowest BCUT2D eigenvalue weighted by Crippen LogP contribution is -2.33. The third kappa shape index (κ3) is 3.73. The molecule has 0 saturated carbocycles. The minimum Gasteiger partial charge on any atom is -0.497 e. The van der Waals surface area contributed by atoms with Gasteiger partial charge in [-0.2, -0.15) is 0 Å². The number of rotatable bonds is 5. The van der Waals surface area contributed by atoms with E-state index >= 15 is 0 Å². The van der Waals surface area contributed by atoms with Crippen molar-refractivity contribution in [1.29, 1.82) is 0 Å². The van der Waals surface area contributed by atoms with E-state index in [4.69, 9.17) is 20.8 Å². The molecule has 7 nitrogen and oxygen atoms in total. The number of amides is 1. The zero-order valence-corrected chi connectivity index (χ0v) is 15.8. The average Bonchev–Trinajstić information content (AvgIpc) is 3.30. The Labute approximate surface area is 169 Å². The van der Waals surface area contributed by atoms with Crippen molar-refractivity contribution in [3.05, 3.63) is 58.6 Å². The second-order valence-electron chi connectivity index (χ2n) is 6.40. The molecule has 150 valence electrons. The van der Waals surface area contributed by atoms with Gasteiger partial charge in [-0.25, -0.2) is 8.78 Å². The van der Waals surface area contributed by atoms with Crippen LogP contribution >= 0.6 is 11.6 Å². The third-order valence-corrected chi connectivity index (χ3v) is 4.89. The van der Waals surface area contributed by atoms with Crippen LogP contribution < -0.4 is 15.4 Å². The summed E-state index contributed by atoms with van der Waals surface area (Å²) < 4.78 is 39.4. The first kappa shape index (κ1) is 19.1.